The average molecular weight is 917 g/mol. The van der Waals surface area contributed by atoms with E-state index in [0.717, 1.165) is 51.4 Å². The van der Waals surface area contributed by atoms with Gasteiger partial charge in [0.05, 0.1) is 17.4 Å². The van der Waals surface area contributed by atoms with Crippen molar-refractivity contribution in [3.63, 3.8) is 0 Å². The maximum atomic E-state index is 12.7. The number of fused-ring (bicyclic) bond motifs is 2. The number of benzene rings is 2. The number of esters is 1. The Hall–Kier alpha value is -6.28. The number of carbonyl (C=O) groups is 4. The van der Waals surface area contributed by atoms with E-state index in [1.54, 1.807) is 67.7 Å². The molecule has 0 unspecified atom stereocenters. The molecule has 19 nitrogen and oxygen atoms in total. The number of oxazole rings is 2. The van der Waals surface area contributed by atoms with Gasteiger partial charge in [-0.15, -0.1) is 0 Å². The molecule has 4 aromatic heterocycles. The van der Waals surface area contributed by atoms with Gasteiger partial charge in [-0.3, -0.25) is 29.1 Å². The van der Waals surface area contributed by atoms with Crippen LogP contribution in [0, 0.1) is 10.8 Å². The molecule has 2 amide bonds. The SMILES string of the molecule is CCOC(=O)C1(CNc2nc3ccc(Oc4ccnc(C(=O)NC)c4)cc3o2)CCCCC1.CNC(=O)c1cc(Oc2ccc3nc(NCC4(C(=O)O)CCCCC4)oc3c2)ccn1.[Na+].[OH-]. The molecule has 8 rings (SSSR count). The van der Waals surface area contributed by atoms with Crippen molar-refractivity contribution < 1.29 is 82.4 Å². The number of ether oxygens (including phenoxy) is 3. The van der Waals surface area contributed by atoms with Gasteiger partial charge >= 0.3 is 41.5 Å². The maximum absolute atomic E-state index is 12.7. The van der Waals surface area contributed by atoms with Crippen molar-refractivity contribution in [2.45, 2.75) is 71.1 Å². The van der Waals surface area contributed by atoms with Crippen LogP contribution in [0.1, 0.15) is 92.1 Å². The van der Waals surface area contributed by atoms with Gasteiger partial charge in [0.1, 0.15) is 45.4 Å². The minimum atomic E-state index is -0.781. The third-order valence-electron chi connectivity index (χ3n) is 11.5. The van der Waals surface area contributed by atoms with Crippen molar-refractivity contribution >= 4 is 58.0 Å². The second-order valence-corrected chi connectivity index (χ2v) is 15.8. The van der Waals surface area contributed by atoms with Crippen LogP contribution in [0.5, 0.6) is 23.0 Å². The van der Waals surface area contributed by atoms with E-state index < -0.39 is 16.8 Å². The monoisotopic (exact) mass is 916 g/mol. The van der Waals surface area contributed by atoms with E-state index in [1.807, 2.05) is 6.92 Å². The van der Waals surface area contributed by atoms with Gasteiger partial charge < -0.3 is 54.9 Å². The average Bonchev–Trinajstić information content (AvgIpc) is 3.94. The summed E-state index contributed by atoms with van der Waals surface area (Å²) in [5, 5.41) is 21.0. The topological polar surface area (TPSA) is 272 Å². The number of carbonyl (C=O) groups excluding carboxylic acids is 3. The molecule has 6 N–H and O–H groups in total. The molecule has 2 saturated carbocycles. The molecule has 6 aromatic rings. The predicted molar refractivity (Wildman–Crippen MR) is 238 cm³/mol. The number of aliphatic carboxylic acids is 1. The summed E-state index contributed by atoms with van der Waals surface area (Å²) in [4.78, 5) is 64.9. The number of anilines is 2. The molecule has 344 valence electrons. The van der Waals surface area contributed by atoms with Crippen molar-refractivity contribution in [2.24, 2.45) is 10.8 Å². The molecule has 2 aliphatic carbocycles. The Morgan fingerprint density at radius 2 is 1.06 bits per heavy atom. The van der Waals surface area contributed by atoms with E-state index in [4.69, 9.17) is 23.0 Å². The number of amides is 2. The van der Waals surface area contributed by atoms with Crippen LogP contribution in [0.4, 0.5) is 12.0 Å². The Balaban J connectivity index is 0.000000241. The largest absolute Gasteiger partial charge is 1.00 e. The Morgan fingerprint density at radius 3 is 1.48 bits per heavy atom. The third kappa shape index (κ3) is 12.3. The van der Waals surface area contributed by atoms with E-state index in [2.05, 4.69) is 41.2 Å². The first-order chi connectivity index (χ1) is 31.0. The Bertz CT molecular complexity index is 2610. The molecule has 66 heavy (non-hydrogen) atoms. The van der Waals surface area contributed by atoms with Crippen molar-refractivity contribution in [1.29, 1.82) is 0 Å². The molecule has 2 aromatic carbocycles. The molecule has 4 heterocycles. The Kier molecular flexibility index (Phi) is 17.9. The number of carboxylic acid groups (broad SMARTS) is 1. The van der Waals surface area contributed by atoms with Crippen LogP contribution >= 0.6 is 0 Å². The number of aromatic nitrogens is 4. The molecule has 2 aliphatic rings. The summed E-state index contributed by atoms with van der Waals surface area (Å²) < 4.78 is 28.7. The Morgan fingerprint density at radius 1 is 0.636 bits per heavy atom. The first-order valence-corrected chi connectivity index (χ1v) is 21.4. The number of nitrogens with one attached hydrogen (secondary N) is 4. The standard InChI is InChI=1S/C24H28N4O5.C22H24N4O5.Na.H2O/c1-3-31-22(30)24(10-5-4-6-11-24)15-27-23-28-18-8-7-16(14-20(18)33-23)32-17-9-12-26-19(13-17)21(29)25-2;1-23-19(27)17-11-15(7-10-24-17)30-14-5-6-16-18(12-14)31-21(26-16)25-13-22(20(28)29)8-3-2-4-9-22;;/h7-9,12-14H,3-6,10-11,15H2,1-2H3,(H,25,29)(H,27,28);5-7,10-12H,2-4,8-9,13H2,1H3,(H,23,27)(H,25,26)(H,28,29);;1H2/q;;+1;/p-1. The predicted octanol–water partition coefficient (Wildman–Crippen LogP) is 4.95. The van der Waals surface area contributed by atoms with Crippen LogP contribution in [0.2, 0.25) is 0 Å². The van der Waals surface area contributed by atoms with Crippen molar-refractivity contribution in [1.82, 2.24) is 30.6 Å². The van der Waals surface area contributed by atoms with E-state index >= 15 is 0 Å². The summed E-state index contributed by atoms with van der Waals surface area (Å²) in [6.07, 6.45) is 11.9. The van der Waals surface area contributed by atoms with Crippen LogP contribution in [0.3, 0.4) is 0 Å². The number of hydrogen-bond acceptors (Lipinski definition) is 16. The third-order valence-corrected chi connectivity index (χ3v) is 11.5. The number of carboxylic acids is 1. The fraction of sp³-hybridized carbons (Fsp3) is 0.391. The second-order valence-electron chi connectivity index (χ2n) is 15.8. The minimum absolute atomic E-state index is 0. The summed E-state index contributed by atoms with van der Waals surface area (Å²) in [5.41, 5.74) is 1.54. The quantitative estimate of drug-likeness (QED) is 0.0673. The minimum Gasteiger partial charge on any atom is -0.870 e. The molecule has 0 aliphatic heterocycles. The van der Waals surface area contributed by atoms with Crippen LogP contribution in [0.15, 0.2) is 81.9 Å². The van der Waals surface area contributed by atoms with Gasteiger partial charge in [0.2, 0.25) is 0 Å². The molecule has 0 bridgehead atoms. The molecule has 0 saturated heterocycles. The van der Waals surface area contributed by atoms with Crippen LogP contribution in [0.25, 0.3) is 22.2 Å². The van der Waals surface area contributed by atoms with Gasteiger partial charge in [0.25, 0.3) is 23.8 Å². The van der Waals surface area contributed by atoms with E-state index in [-0.39, 0.29) is 76.8 Å². The van der Waals surface area contributed by atoms with E-state index in [0.29, 0.717) is 77.2 Å². The van der Waals surface area contributed by atoms with Gasteiger partial charge in [-0.25, -0.2) is 0 Å². The summed E-state index contributed by atoms with van der Waals surface area (Å²) >= 11 is 0. The molecule has 0 spiro atoms. The maximum Gasteiger partial charge on any atom is 1.00 e. The van der Waals surface area contributed by atoms with Crippen LogP contribution in [-0.4, -0.2) is 88.1 Å². The Labute approximate surface area is 402 Å². The number of rotatable bonds is 15. The number of hydrogen-bond donors (Lipinski definition) is 5. The van der Waals surface area contributed by atoms with Gasteiger partial charge in [0, 0.05) is 63.8 Å². The van der Waals surface area contributed by atoms with Crippen LogP contribution in [-0.2, 0) is 14.3 Å². The zero-order chi connectivity index (χ0) is 45.1. The molecular formula is C46H53N8NaO11. The fourth-order valence-electron chi connectivity index (χ4n) is 7.96. The van der Waals surface area contributed by atoms with Crippen molar-refractivity contribution in [2.75, 3.05) is 44.4 Å². The zero-order valence-corrected chi connectivity index (χ0v) is 39.5. The van der Waals surface area contributed by atoms with Gasteiger partial charge in [-0.2, -0.15) is 9.97 Å². The van der Waals surface area contributed by atoms with Crippen molar-refractivity contribution in [3.8, 4) is 23.0 Å². The normalized spacial score (nSPS) is 14.8. The first-order valence-electron chi connectivity index (χ1n) is 21.4. The van der Waals surface area contributed by atoms with Crippen LogP contribution < -0.4 is 60.3 Å². The molecule has 2 fully saturated rings. The summed E-state index contributed by atoms with van der Waals surface area (Å²) in [6.45, 7) is 2.89. The molecular weight excluding hydrogens is 864 g/mol. The zero-order valence-electron chi connectivity index (χ0n) is 37.5. The fourth-order valence-corrected chi connectivity index (χ4v) is 7.96. The summed E-state index contributed by atoms with van der Waals surface area (Å²) in [6, 6.07) is 17.6. The second kappa shape index (κ2) is 23.3. The first kappa shape index (κ1) is 50.7. The van der Waals surface area contributed by atoms with E-state index in [9.17, 15) is 24.3 Å². The van der Waals surface area contributed by atoms with Gasteiger partial charge in [-0.05, 0) is 69.0 Å². The van der Waals surface area contributed by atoms with Crippen molar-refractivity contribution in [3.05, 3.63) is 84.4 Å². The molecule has 20 heteroatoms. The van der Waals surface area contributed by atoms with Gasteiger partial charge in [0.15, 0.2) is 11.2 Å². The molecule has 0 atom stereocenters. The van der Waals surface area contributed by atoms with Gasteiger partial charge in [-0.1, -0.05) is 38.5 Å². The summed E-state index contributed by atoms with van der Waals surface area (Å²) in [7, 11) is 3.08. The summed E-state index contributed by atoms with van der Waals surface area (Å²) in [5.74, 6) is 0.468. The smallest absolute Gasteiger partial charge is 0.870 e. The molecule has 0 radical (unpaired) electrons. The number of pyridine rings is 2. The van der Waals surface area contributed by atoms with E-state index in [1.165, 1.54) is 19.4 Å². The number of nitrogens with zero attached hydrogens (tertiary/aromatic N) is 4.